The van der Waals surface area contributed by atoms with Crippen LogP contribution in [0.5, 0.6) is 17.2 Å². The molecule has 0 bridgehead atoms. The number of carbonyl (C=O) groups excluding carboxylic acids is 1. The predicted molar refractivity (Wildman–Crippen MR) is 92.4 cm³/mol. The molecule has 3 rings (SSSR count). The van der Waals surface area contributed by atoms with Gasteiger partial charge >= 0.3 is 0 Å². The summed E-state index contributed by atoms with van der Waals surface area (Å²) < 4.78 is 21.6. The highest BCUT2D eigenvalue weighted by Gasteiger charge is 2.38. The van der Waals surface area contributed by atoms with Crippen molar-refractivity contribution in [2.24, 2.45) is 0 Å². The standard InChI is InChI=1S/C19H23NO5/c1-12(15-6-5-9-25-15)20(14-7-8-14)19(21)13-10-16(22-2)18(24-4)17(11-13)23-3/h5-6,9-12,14H,7-8H2,1-4H3/t12-/m1/s1. The Morgan fingerprint density at radius 2 is 1.80 bits per heavy atom. The van der Waals surface area contributed by atoms with Gasteiger partial charge in [-0.05, 0) is 44.0 Å². The van der Waals surface area contributed by atoms with Crippen LogP contribution in [0.3, 0.4) is 0 Å². The molecule has 6 heteroatoms. The van der Waals surface area contributed by atoms with Gasteiger partial charge in [0.15, 0.2) is 11.5 Å². The summed E-state index contributed by atoms with van der Waals surface area (Å²) >= 11 is 0. The average molecular weight is 345 g/mol. The van der Waals surface area contributed by atoms with E-state index < -0.39 is 0 Å². The van der Waals surface area contributed by atoms with E-state index in [-0.39, 0.29) is 18.0 Å². The monoisotopic (exact) mass is 345 g/mol. The third kappa shape index (κ3) is 3.29. The second-order valence-electron chi connectivity index (χ2n) is 6.05. The predicted octanol–water partition coefficient (Wildman–Crippen LogP) is 3.67. The molecule has 134 valence electrons. The van der Waals surface area contributed by atoms with E-state index in [2.05, 4.69) is 0 Å². The van der Waals surface area contributed by atoms with Crippen molar-refractivity contribution in [2.75, 3.05) is 21.3 Å². The number of amides is 1. The Balaban J connectivity index is 1.97. The molecule has 1 aromatic heterocycles. The van der Waals surface area contributed by atoms with Crippen LogP contribution in [-0.2, 0) is 0 Å². The smallest absolute Gasteiger partial charge is 0.254 e. The molecule has 1 heterocycles. The number of furan rings is 1. The van der Waals surface area contributed by atoms with E-state index in [9.17, 15) is 4.79 Å². The number of ether oxygens (including phenoxy) is 3. The first-order valence-corrected chi connectivity index (χ1v) is 8.26. The Hall–Kier alpha value is -2.63. The van der Waals surface area contributed by atoms with Crippen LogP contribution in [0.15, 0.2) is 34.9 Å². The molecule has 0 N–H and O–H groups in total. The molecule has 1 amide bonds. The molecule has 1 fully saturated rings. The molecule has 6 nitrogen and oxygen atoms in total. The molecule has 1 aromatic carbocycles. The fourth-order valence-electron chi connectivity index (χ4n) is 3.03. The van der Waals surface area contributed by atoms with E-state index in [0.717, 1.165) is 18.6 Å². The zero-order valence-electron chi connectivity index (χ0n) is 14.9. The summed E-state index contributed by atoms with van der Waals surface area (Å²) in [6, 6.07) is 7.19. The number of carbonyl (C=O) groups is 1. The first kappa shape index (κ1) is 17.2. The molecular weight excluding hydrogens is 322 g/mol. The van der Waals surface area contributed by atoms with Gasteiger partial charge in [0.2, 0.25) is 5.75 Å². The van der Waals surface area contributed by atoms with Gasteiger partial charge in [0, 0.05) is 11.6 Å². The highest BCUT2D eigenvalue weighted by molar-refractivity contribution is 5.96. The van der Waals surface area contributed by atoms with Gasteiger partial charge in [-0.15, -0.1) is 0 Å². The largest absolute Gasteiger partial charge is 0.493 e. The molecule has 1 aliphatic carbocycles. The zero-order chi connectivity index (χ0) is 18.0. The first-order valence-electron chi connectivity index (χ1n) is 8.26. The van der Waals surface area contributed by atoms with Crippen molar-refractivity contribution in [3.63, 3.8) is 0 Å². The van der Waals surface area contributed by atoms with Crippen LogP contribution in [0, 0.1) is 0 Å². The minimum absolute atomic E-state index is 0.0781. The van der Waals surface area contributed by atoms with Crippen molar-refractivity contribution in [3.05, 3.63) is 41.9 Å². The van der Waals surface area contributed by atoms with Crippen molar-refractivity contribution >= 4 is 5.91 Å². The van der Waals surface area contributed by atoms with Crippen LogP contribution in [0.1, 0.15) is 41.9 Å². The summed E-state index contributed by atoms with van der Waals surface area (Å²) in [5.41, 5.74) is 0.500. The Morgan fingerprint density at radius 1 is 1.16 bits per heavy atom. The van der Waals surface area contributed by atoms with E-state index in [1.54, 1.807) is 18.4 Å². The van der Waals surface area contributed by atoms with Gasteiger partial charge in [0.25, 0.3) is 5.91 Å². The number of hydrogen-bond acceptors (Lipinski definition) is 5. The maximum absolute atomic E-state index is 13.2. The summed E-state index contributed by atoms with van der Waals surface area (Å²) in [6.45, 7) is 1.98. The van der Waals surface area contributed by atoms with Gasteiger partial charge in [0.05, 0.1) is 33.6 Å². The number of rotatable bonds is 7. The summed E-state index contributed by atoms with van der Waals surface area (Å²) in [5.74, 6) is 2.09. The van der Waals surface area contributed by atoms with Crippen molar-refractivity contribution in [1.82, 2.24) is 4.90 Å². The lowest BCUT2D eigenvalue weighted by Crippen LogP contribution is -2.35. The minimum atomic E-state index is -0.144. The van der Waals surface area contributed by atoms with Crippen LogP contribution >= 0.6 is 0 Å². The van der Waals surface area contributed by atoms with Crippen LogP contribution in [0.4, 0.5) is 0 Å². The summed E-state index contributed by atoms with van der Waals surface area (Å²) in [4.78, 5) is 15.1. The lowest BCUT2D eigenvalue weighted by atomic mass is 10.1. The van der Waals surface area contributed by atoms with Crippen LogP contribution in [-0.4, -0.2) is 38.2 Å². The van der Waals surface area contributed by atoms with Gasteiger partial charge in [-0.1, -0.05) is 0 Å². The molecule has 0 radical (unpaired) electrons. The van der Waals surface area contributed by atoms with E-state index in [4.69, 9.17) is 18.6 Å². The van der Waals surface area contributed by atoms with Gasteiger partial charge in [-0.25, -0.2) is 0 Å². The Kier molecular flexibility index (Phi) is 4.88. The minimum Gasteiger partial charge on any atom is -0.493 e. The highest BCUT2D eigenvalue weighted by Crippen LogP contribution is 2.41. The molecule has 25 heavy (non-hydrogen) atoms. The number of nitrogens with zero attached hydrogens (tertiary/aromatic N) is 1. The van der Waals surface area contributed by atoms with Gasteiger partial charge < -0.3 is 23.5 Å². The molecule has 2 aromatic rings. The quantitative estimate of drug-likeness (QED) is 0.766. The van der Waals surface area contributed by atoms with Crippen LogP contribution in [0.2, 0.25) is 0 Å². The second-order valence-corrected chi connectivity index (χ2v) is 6.05. The number of methoxy groups -OCH3 is 3. The lowest BCUT2D eigenvalue weighted by Gasteiger charge is -2.28. The third-order valence-electron chi connectivity index (χ3n) is 4.46. The molecule has 1 saturated carbocycles. The molecule has 0 unspecified atom stereocenters. The second kappa shape index (κ2) is 7.09. The number of benzene rings is 1. The van der Waals surface area contributed by atoms with Gasteiger partial charge in [0.1, 0.15) is 5.76 Å². The summed E-state index contributed by atoms with van der Waals surface area (Å²) in [7, 11) is 4.61. The van der Waals surface area contributed by atoms with Crippen molar-refractivity contribution in [2.45, 2.75) is 31.8 Å². The molecule has 1 atom stereocenters. The Morgan fingerprint density at radius 3 is 2.24 bits per heavy atom. The fourth-order valence-corrected chi connectivity index (χ4v) is 3.03. The molecule has 1 aliphatic rings. The van der Waals surface area contributed by atoms with Crippen LogP contribution in [0.25, 0.3) is 0 Å². The third-order valence-corrected chi connectivity index (χ3v) is 4.46. The van der Waals surface area contributed by atoms with E-state index in [1.165, 1.54) is 21.3 Å². The van der Waals surface area contributed by atoms with Crippen molar-refractivity contribution in [3.8, 4) is 17.2 Å². The molecular formula is C19H23NO5. The van der Waals surface area contributed by atoms with E-state index in [0.29, 0.717) is 22.8 Å². The number of hydrogen-bond donors (Lipinski definition) is 0. The van der Waals surface area contributed by atoms with E-state index in [1.807, 2.05) is 24.0 Å². The first-order chi connectivity index (χ1) is 12.1. The van der Waals surface area contributed by atoms with Gasteiger partial charge in [-0.2, -0.15) is 0 Å². The molecule has 0 spiro atoms. The summed E-state index contributed by atoms with van der Waals surface area (Å²) in [6.07, 6.45) is 3.63. The van der Waals surface area contributed by atoms with E-state index >= 15 is 0 Å². The normalized spacial score (nSPS) is 14.7. The zero-order valence-corrected chi connectivity index (χ0v) is 14.9. The maximum atomic E-state index is 13.2. The van der Waals surface area contributed by atoms with Gasteiger partial charge in [-0.3, -0.25) is 4.79 Å². The van der Waals surface area contributed by atoms with Crippen molar-refractivity contribution < 1.29 is 23.4 Å². The topological polar surface area (TPSA) is 61.1 Å². The molecule has 0 aliphatic heterocycles. The Bertz CT molecular complexity index is 711. The van der Waals surface area contributed by atoms with Crippen LogP contribution < -0.4 is 14.2 Å². The highest BCUT2D eigenvalue weighted by atomic mass is 16.5. The fraction of sp³-hybridized carbons (Fsp3) is 0.421. The Labute approximate surface area is 147 Å². The average Bonchev–Trinajstić information content (AvgIpc) is 3.31. The molecule has 0 saturated heterocycles. The lowest BCUT2D eigenvalue weighted by molar-refractivity contribution is 0.0652. The van der Waals surface area contributed by atoms with Crippen molar-refractivity contribution in [1.29, 1.82) is 0 Å². The SMILES string of the molecule is COc1cc(C(=O)N(C2CC2)[C@H](C)c2ccco2)cc(OC)c1OC. The maximum Gasteiger partial charge on any atom is 0.254 e. The summed E-state index contributed by atoms with van der Waals surface area (Å²) in [5, 5.41) is 0.